The van der Waals surface area contributed by atoms with E-state index in [1.54, 1.807) is 40.9 Å². The predicted molar refractivity (Wildman–Crippen MR) is 98.2 cm³/mol. The van der Waals surface area contributed by atoms with E-state index in [0.717, 1.165) is 5.56 Å². The van der Waals surface area contributed by atoms with Crippen LogP contribution in [-0.2, 0) is 6.54 Å². The number of amides is 1. The first-order valence-corrected chi connectivity index (χ1v) is 8.37. The number of nitrogens with zero attached hydrogens (tertiary/aromatic N) is 2. The minimum absolute atomic E-state index is 0.261. The summed E-state index contributed by atoms with van der Waals surface area (Å²) in [5.41, 5.74) is 2.41. The molecule has 4 nitrogen and oxygen atoms in total. The van der Waals surface area contributed by atoms with Crippen molar-refractivity contribution in [2.45, 2.75) is 6.54 Å². The molecule has 0 fully saturated rings. The lowest BCUT2D eigenvalue weighted by Crippen LogP contribution is -2.23. The molecule has 0 aliphatic rings. The number of carbonyl (C=O) groups excluding carboxylic acids is 1. The van der Waals surface area contributed by atoms with E-state index >= 15 is 0 Å². The average molecular weight is 363 g/mol. The van der Waals surface area contributed by atoms with Crippen LogP contribution in [0.5, 0.6) is 0 Å². The van der Waals surface area contributed by atoms with Gasteiger partial charge in [0, 0.05) is 18.3 Å². The molecule has 0 spiro atoms. The second-order valence-electron chi connectivity index (χ2n) is 6.06. The molecule has 0 saturated heterocycles. The molecule has 6 heteroatoms. The number of hydrogen-bond acceptors (Lipinski definition) is 2. The molecule has 2 aromatic carbocycles. The number of fused-ring (bicyclic) bond motifs is 1. The van der Waals surface area contributed by atoms with Gasteiger partial charge in [0.15, 0.2) is 5.69 Å². The molecule has 0 unspecified atom stereocenters. The fraction of sp³-hybridized carbons (Fsp3) is 0.0476. The molecule has 2 aromatic heterocycles. The molecular formula is C21H15F2N3O. The molecule has 0 radical (unpaired) electrons. The molecule has 4 aromatic rings. The van der Waals surface area contributed by atoms with Gasteiger partial charge in [0.1, 0.15) is 17.5 Å². The maximum absolute atomic E-state index is 13.2. The minimum atomic E-state index is -0.337. The van der Waals surface area contributed by atoms with Crippen LogP contribution in [0.1, 0.15) is 16.1 Å². The largest absolute Gasteiger partial charge is 0.347 e. The summed E-state index contributed by atoms with van der Waals surface area (Å²) >= 11 is 0. The van der Waals surface area contributed by atoms with E-state index in [2.05, 4.69) is 10.3 Å². The first-order chi connectivity index (χ1) is 13.1. The van der Waals surface area contributed by atoms with E-state index in [0.29, 0.717) is 16.9 Å². The van der Waals surface area contributed by atoms with Gasteiger partial charge in [0.25, 0.3) is 5.91 Å². The van der Waals surface area contributed by atoms with Gasteiger partial charge in [-0.05, 0) is 54.1 Å². The maximum atomic E-state index is 13.2. The summed E-state index contributed by atoms with van der Waals surface area (Å²) in [6, 6.07) is 17.3. The van der Waals surface area contributed by atoms with Crippen LogP contribution in [0.15, 0.2) is 72.9 Å². The second-order valence-corrected chi connectivity index (χ2v) is 6.06. The van der Waals surface area contributed by atoms with E-state index in [-0.39, 0.29) is 29.8 Å². The summed E-state index contributed by atoms with van der Waals surface area (Å²) < 4.78 is 28.0. The third-order valence-corrected chi connectivity index (χ3v) is 4.23. The number of nitrogens with one attached hydrogen (secondary N) is 1. The third kappa shape index (κ3) is 3.42. The van der Waals surface area contributed by atoms with E-state index < -0.39 is 0 Å². The Kier molecular flexibility index (Phi) is 4.38. The Morgan fingerprint density at radius 1 is 0.926 bits per heavy atom. The highest BCUT2D eigenvalue weighted by molar-refractivity contribution is 6.00. The Bertz CT molecular complexity index is 1100. The van der Waals surface area contributed by atoms with Gasteiger partial charge in [-0.1, -0.05) is 18.2 Å². The summed E-state index contributed by atoms with van der Waals surface area (Å²) in [6.07, 6.45) is 1.80. The number of halogens is 2. The third-order valence-electron chi connectivity index (χ3n) is 4.23. The van der Waals surface area contributed by atoms with Crippen molar-refractivity contribution < 1.29 is 13.6 Å². The molecule has 27 heavy (non-hydrogen) atoms. The first kappa shape index (κ1) is 16.9. The standard InChI is InChI=1S/C21H15F2N3O/c22-16-8-4-14(5-9-16)13-24-21(27)19-18-3-1-2-12-26(18)20(25-19)15-6-10-17(23)11-7-15/h1-12H,13H2,(H,24,27). The Labute approximate surface area is 154 Å². The molecule has 2 heterocycles. The molecule has 0 bridgehead atoms. The van der Waals surface area contributed by atoms with Gasteiger partial charge in [-0.2, -0.15) is 0 Å². The van der Waals surface area contributed by atoms with Crippen LogP contribution in [0, 0.1) is 11.6 Å². The van der Waals surface area contributed by atoms with Gasteiger partial charge >= 0.3 is 0 Å². The number of rotatable bonds is 4. The van der Waals surface area contributed by atoms with Crippen LogP contribution in [-0.4, -0.2) is 15.3 Å². The quantitative estimate of drug-likeness (QED) is 0.590. The van der Waals surface area contributed by atoms with Gasteiger partial charge in [0.2, 0.25) is 0 Å². The summed E-state index contributed by atoms with van der Waals surface area (Å²) in [6.45, 7) is 0.261. The van der Waals surface area contributed by atoms with Crippen molar-refractivity contribution in [2.75, 3.05) is 0 Å². The van der Waals surface area contributed by atoms with Gasteiger partial charge in [-0.3, -0.25) is 9.20 Å². The van der Waals surface area contributed by atoms with Crippen molar-refractivity contribution in [3.05, 3.63) is 95.8 Å². The minimum Gasteiger partial charge on any atom is -0.347 e. The van der Waals surface area contributed by atoms with Crippen LogP contribution in [0.3, 0.4) is 0 Å². The number of benzene rings is 2. The van der Waals surface area contributed by atoms with Gasteiger partial charge in [-0.25, -0.2) is 13.8 Å². The van der Waals surface area contributed by atoms with E-state index in [1.807, 2.05) is 12.1 Å². The Morgan fingerprint density at radius 2 is 1.59 bits per heavy atom. The molecule has 0 atom stereocenters. The predicted octanol–water partition coefficient (Wildman–Crippen LogP) is 4.21. The van der Waals surface area contributed by atoms with Gasteiger partial charge in [0.05, 0.1) is 5.52 Å². The number of pyridine rings is 1. The SMILES string of the molecule is O=C(NCc1ccc(F)cc1)c1nc(-c2ccc(F)cc2)n2ccccc12. The fourth-order valence-corrected chi connectivity index (χ4v) is 2.88. The van der Waals surface area contributed by atoms with E-state index in [1.165, 1.54) is 24.3 Å². The zero-order valence-electron chi connectivity index (χ0n) is 14.2. The average Bonchev–Trinajstić information content (AvgIpc) is 3.08. The monoisotopic (exact) mass is 363 g/mol. The van der Waals surface area contributed by atoms with Crippen molar-refractivity contribution >= 4 is 11.4 Å². The van der Waals surface area contributed by atoms with Crippen molar-refractivity contribution in [1.29, 1.82) is 0 Å². The molecule has 134 valence electrons. The lowest BCUT2D eigenvalue weighted by molar-refractivity contribution is 0.0948. The van der Waals surface area contributed by atoms with Gasteiger partial charge < -0.3 is 5.32 Å². The molecule has 0 aliphatic heterocycles. The Balaban J connectivity index is 1.66. The van der Waals surface area contributed by atoms with Crippen LogP contribution >= 0.6 is 0 Å². The molecular weight excluding hydrogens is 348 g/mol. The molecule has 1 N–H and O–H groups in total. The highest BCUT2D eigenvalue weighted by Gasteiger charge is 2.18. The topological polar surface area (TPSA) is 46.4 Å². The van der Waals surface area contributed by atoms with Gasteiger partial charge in [-0.15, -0.1) is 0 Å². The van der Waals surface area contributed by atoms with Crippen LogP contribution < -0.4 is 5.32 Å². The molecule has 0 aliphatic carbocycles. The highest BCUT2D eigenvalue weighted by atomic mass is 19.1. The number of aromatic nitrogens is 2. The summed E-state index contributed by atoms with van der Waals surface area (Å²) in [7, 11) is 0. The maximum Gasteiger partial charge on any atom is 0.272 e. The summed E-state index contributed by atoms with van der Waals surface area (Å²) in [5, 5.41) is 2.80. The van der Waals surface area contributed by atoms with Crippen LogP contribution in [0.2, 0.25) is 0 Å². The summed E-state index contributed by atoms with van der Waals surface area (Å²) in [4.78, 5) is 17.2. The van der Waals surface area contributed by atoms with E-state index in [4.69, 9.17) is 0 Å². The lowest BCUT2D eigenvalue weighted by Gasteiger charge is -2.04. The smallest absolute Gasteiger partial charge is 0.272 e. The second kappa shape index (κ2) is 6.99. The zero-order valence-corrected chi connectivity index (χ0v) is 14.2. The highest BCUT2D eigenvalue weighted by Crippen LogP contribution is 2.23. The number of carbonyl (C=O) groups is 1. The number of imidazole rings is 1. The van der Waals surface area contributed by atoms with Crippen LogP contribution in [0.25, 0.3) is 16.9 Å². The fourth-order valence-electron chi connectivity index (χ4n) is 2.88. The van der Waals surface area contributed by atoms with Crippen molar-refractivity contribution in [3.63, 3.8) is 0 Å². The van der Waals surface area contributed by atoms with Crippen molar-refractivity contribution in [2.24, 2.45) is 0 Å². The molecule has 4 rings (SSSR count). The number of hydrogen-bond donors (Lipinski definition) is 1. The molecule has 1 amide bonds. The zero-order chi connectivity index (χ0) is 18.8. The molecule has 0 saturated carbocycles. The summed E-state index contributed by atoms with van der Waals surface area (Å²) in [5.74, 6) is -0.445. The normalized spacial score (nSPS) is 10.9. The first-order valence-electron chi connectivity index (χ1n) is 8.37. The van der Waals surface area contributed by atoms with Crippen molar-refractivity contribution in [1.82, 2.24) is 14.7 Å². The Hall–Kier alpha value is -3.54. The van der Waals surface area contributed by atoms with Crippen molar-refractivity contribution in [3.8, 4) is 11.4 Å². The van der Waals surface area contributed by atoms with E-state index in [9.17, 15) is 13.6 Å². The lowest BCUT2D eigenvalue weighted by atomic mass is 10.2. The Morgan fingerprint density at radius 3 is 2.30 bits per heavy atom. The van der Waals surface area contributed by atoms with Crippen LogP contribution in [0.4, 0.5) is 8.78 Å².